The van der Waals surface area contributed by atoms with Crippen LogP contribution in [0.25, 0.3) is 16.2 Å². The molecule has 7 nitrogen and oxygen atoms in total. The van der Waals surface area contributed by atoms with Gasteiger partial charge in [0.15, 0.2) is 4.96 Å². The van der Waals surface area contributed by atoms with Crippen LogP contribution >= 0.6 is 11.3 Å². The van der Waals surface area contributed by atoms with Crippen molar-refractivity contribution in [3.8, 4) is 17.0 Å². The Kier molecular flexibility index (Phi) is 7.60. The largest absolute Gasteiger partial charge is 0.496 e. The van der Waals surface area contributed by atoms with Crippen molar-refractivity contribution in [2.45, 2.75) is 6.42 Å². The Morgan fingerprint density at radius 2 is 1.92 bits per heavy atom. The molecule has 2 aromatic heterocycles. The number of benzene rings is 2. The highest BCUT2D eigenvalue weighted by Crippen LogP contribution is 2.25. The zero-order chi connectivity index (χ0) is 24.9. The number of hydrogen-bond donors (Lipinski definition) is 0. The van der Waals surface area contributed by atoms with E-state index in [-0.39, 0.29) is 11.7 Å². The Morgan fingerprint density at radius 1 is 1.14 bits per heavy atom. The molecule has 5 rings (SSSR count). The van der Waals surface area contributed by atoms with Gasteiger partial charge in [-0.15, -0.1) is 11.3 Å². The van der Waals surface area contributed by atoms with Crippen molar-refractivity contribution in [2.24, 2.45) is 0 Å². The molecular weight excluding hydrogens is 479 g/mol. The summed E-state index contributed by atoms with van der Waals surface area (Å²) in [7, 11) is 1.59. The van der Waals surface area contributed by atoms with Gasteiger partial charge >= 0.3 is 0 Å². The van der Waals surface area contributed by atoms with Crippen LogP contribution in [0.5, 0.6) is 5.75 Å². The fourth-order valence-electron chi connectivity index (χ4n) is 4.41. The third-order valence-electron chi connectivity index (χ3n) is 6.48. The van der Waals surface area contributed by atoms with Gasteiger partial charge in [0, 0.05) is 62.0 Å². The van der Waals surface area contributed by atoms with Crippen LogP contribution in [0.4, 0.5) is 4.39 Å². The third kappa shape index (κ3) is 5.43. The summed E-state index contributed by atoms with van der Waals surface area (Å²) in [5.41, 5.74) is 3.33. The van der Waals surface area contributed by atoms with Crippen molar-refractivity contribution >= 4 is 22.2 Å². The molecule has 1 amide bonds. The summed E-state index contributed by atoms with van der Waals surface area (Å²) in [4.78, 5) is 23.4. The molecule has 188 valence electrons. The number of fused-ring (bicyclic) bond motifs is 1. The van der Waals surface area contributed by atoms with Gasteiger partial charge in [0.25, 0.3) is 5.91 Å². The predicted octanol–water partition coefficient (Wildman–Crippen LogP) is 4.23. The standard InChI is InChI=1S/C27H29FN4O3S/c1-34-25-5-3-2-4-23(25)26(33)31(13-12-30-14-16-35-17-15-30)11-10-22-19-36-27-29-24(18-32(22)27)20-6-8-21(28)9-7-20/h2-9,18-19H,10-17H2,1H3. The highest BCUT2D eigenvalue weighted by atomic mass is 32.1. The number of carbonyl (C=O) groups excluding carboxylic acids is 1. The van der Waals surface area contributed by atoms with Gasteiger partial charge in [0.2, 0.25) is 0 Å². The minimum atomic E-state index is -0.266. The lowest BCUT2D eigenvalue weighted by atomic mass is 10.1. The number of rotatable bonds is 9. The van der Waals surface area contributed by atoms with Crippen LogP contribution in [0.3, 0.4) is 0 Å². The van der Waals surface area contributed by atoms with Crippen LogP contribution in [0, 0.1) is 5.82 Å². The number of ether oxygens (including phenoxy) is 2. The fraction of sp³-hybridized carbons (Fsp3) is 0.333. The number of hydrogen-bond acceptors (Lipinski definition) is 6. The molecule has 1 saturated heterocycles. The SMILES string of the molecule is COc1ccccc1C(=O)N(CCc1csc2nc(-c3ccc(F)cc3)cn12)CCN1CCOCC1. The average molecular weight is 509 g/mol. The van der Waals surface area contributed by atoms with Crippen LogP contribution in [-0.4, -0.2) is 78.1 Å². The molecule has 36 heavy (non-hydrogen) atoms. The van der Waals surface area contributed by atoms with Gasteiger partial charge in [-0.1, -0.05) is 12.1 Å². The van der Waals surface area contributed by atoms with E-state index in [1.807, 2.05) is 35.4 Å². The van der Waals surface area contributed by atoms with E-state index in [1.54, 1.807) is 30.6 Å². The van der Waals surface area contributed by atoms with Gasteiger partial charge in [-0.25, -0.2) is 9.37 Å². The Labute approximate surface area is 213 Å². The van der Waals surface area contributed by atoms with Crippen LogP contribution in [0.15, 0.2) is 60.1 Å². The molecule has 0 spiro atoms. The molecule has 1 aliphatic rings. The molecule has 0 saturated carbocycles. The maximum atomic E-state index is 13.6. The first-order valence-corrected chi connectivity index (χ1v) is 12.9. The van der Waals surface area contributed by atoms with Crippen molar-refractivity contribution < 1.29 is 18.7 Å². The zero-order valence-electron chi connectivity index (χ0n) is 20.2. The molecule has 0 bridgehead atoms. The number of thiazole rings is 1. The van der Waals surface area contributed by atoms with Crippen molar-refractivity contribution in [2.75, 3.05) is 53.0 Å². The maximum absolute atomic E-state index is 13.6. The van der Waals surface area contributed by atoms with Gasteiger partial charge in [-0.05, 0) is 36.4 Å². The third-order valence-corrected chi connectivity index (χ3v) is 7.36. The summed E-state index contributed by atoms with van der Waals surface area (Å²) in [5, 5.41) is 2.09. The van der Waals surface area contributed by atoms with Crippen LogP contribution < -0.4 is 4.74 Å². The summed E-state index contributed by atoms with van der Waals surface area (Å²) in [6, 6.07) is 13.7. The number of amides is 1. The number of para-hydroxylation sites is 1. The molecule has 4 aromatic rings. The molecule has 0 unspecified atom stereocenters. The second-order valence-corrected chi connectivity index (χ2v) is 9.55. The lowest BCUT2D eigenvalue weighted by Gasteiger charge is -2.30. The van der Waals surface area contributed by atoms with Crippen molar-refractivity contribution in [3.05, 3.63) is 77.2 Å². The normalized spacial score (nSPS) is 14.3. The first-order valence-electron chi connectivity index (χ1n) is 12.1. The molecule has 3 heterocycles. The monoisotopic (exact) mass is 508 g/mol. The Hall–Kier alpha value is -3.27. The van der Waals surface area contributed by atoms with E-state index in [2.05, 4.69) is 14.7 Å². The lowest BCUT2D eigenvalue weighted by molar-refractivity contribution is 0.0325. The minimum absolute atomic E-state index is 0.0372. The van der Waals surface area contributed by atoms with E-state index in [0.717, 1.165) is 54.8 Å². The Morgan fingerprint density at radius 3 is 2.69 bits per heavy atom. The van der Waals surface area contributed by atoms with Crippen LogP contribution in [-0.2, 0) is 11.2 Å². The highest BCUT2D eigenvalue weighted by molar-refractivity contribution is 7.15. The van der Waals surface area contributed by atoms with Crippen LogP contribution in [0.2, 0.25) is 0 Å². The maximum Gasteiger partial charge on any atom is 0.257 e. The fourth-order valence-corrected chi connectivity index (χ4v) is 5.32. The van der Waals surface area contributed by atoms with Gasteiger partial charge in [0.05, 0.1) is 31.6 Å². The number of morpholine rings is 1. The molecule has 2 aromatic carbocycles. The average Bonchev–Trinajstić information content (AvgIpc) is 3.51. The highest BCUT2D eigenvalue weighted by Gasteiger charge is 2.21. The van der Waals surface area contributed by atoms with Crippen molar-refractivity contribution in [3.63, 3.8) is 0 Å². The van der Waals surface area contributed by atoms with Gasteiger partial charge in [-0.2, -0.15) is 0 Å². The Balaban J connectivity index is 1.34. The second-order valence-electron chi connectivity index (χ2n) is 8.71. The zero-order valence-corrected chi connectivity index (χ0v) is 21.0. The first kappa shape index (κ1) is 24.4. The molecule has 0 aliphatic carbocycles. The molecule has 1 aliphatic heterocycles. The summed E-state index contributed by atoms with van der Waals surface area (Å²) in [5.74, 6) is 0.275. The molecule has 1 fully saturated rings. The number of halogens is 1. The predicted molar refractivity (Wildman–Crippen MR) is 138 cm³/mol. The summed E-state index contributed by atoms with van der Waals surface area (Å²) < 4.78 is 26.3. The second kappa shape index (κ2) is 11.2. The summed E-state index contributed by atoms with van der Waals surface area (Å²) >= 11 is 1.56. The van der Waals surface area contributed by atoms with E-state index < -0.39 is 0 Å². The smallest absolute Gasteiger partial charge is 0.257 e. The molecular formula is C27H29FN4O3S. The van der Waals surface area contributed by atoms with Crippen molar-refractivity contribution in [1.29, 1.82) is 0 Å². The van der Waals surface area contributed by atoms with E-state index in [0.29, 0.717) is 30.8 Å². The van der Waals surface area contributed by atoms with E-state index in [1.165, 1.54) is 12.1 Å². The number of carbonyl (C=O) groups is 1. The molecule has 0 radical (unpaired) electrons. The summed E-state index contributed by atoms with van der Waals surface area (Å²) in [6.45, 7) is 5.19. The number of nitrogens with zero attached hydrogens (tertiary/aromatic N) is 4. The van der Waals surface area contributed by atoms with Crippen molar-refractivity contribution in [1.82, 2.24) is 19.2 Å². The van der Waals surface area contributed by atoms with E-state index in [9.17, 15) is 9.18 Å². The number of methoxy groups -OCH3 is 1. The van der Waals surface area contributed by atoms with Gasteiger partial charge < -0.3 is 14.4 Å². The van der Waals surface area contributed by atoms with E-state index >= 15 is 0 Å². The van der Waals surface area contributed by atoms with Crippen LogP contribution in [0.1, 0.15) is 16.1 Å². The van der Waals surface area contributed by atoms with Gasteiger partial charge in [0.1, 0.15) is 11.6 Å². The van der Waals surface area contributed by atoms with Gasteiger partial charge in [-0.3, -0.25) is 14.1 Å². The molecule has 0 atom stereocenters. The molecule has 0 N–H and O–H groups in total. The lowest BCUT2D eigenvalue weighted by Crippen LogP contribution is -2.43. The summed E-state index contributed by atoms with van der Waals surface area (Å²) in [6.07, 6.45) is 2.66. The minimum Gasteiger partial charge on any atom is -0.496 e. The van der Waals surface area contributed by atoms with E-state index in [4.69, 9.17) is 14.5 Å². The quantitative estimate of drug-likeness (QED) is 0.339. The number of imidazole rings is 1. The Bertz CT molecular complexity index is 1310. The number of aromatic nitrogens is 2. The topological polar surface area (TPSA) is 59.3 Å². The first-order chi connectivity index (χ1) is 17.6. The molecule has 9 heteroatoms.